The summed E-state index contributed by atoms with van der Waals surface area (Å²) in [5, 5.41) is 8.89. The first kappa shape index (κ1) is 37.6. The van der Waals surface area contributed by atoms with E-state index in [9.17, 15) is 24.0 Å². The smallest absolute Gasteiger partial charge is 0.315 e. The van der Waals surface area contributed by atoms with Crippen molar-refractivity contribution in [3.05, 3.63) is 23.8 Å². The third kappa shape index (κ3) is 10.5. The van der Waals surface area contributed by atoms with Gasteiger partial charge in [0.05, 0.1) is 6.04 Å². The van der Waals surface area contributed by atoms with E-state index < -0.39 is 52.7 Å². The molecule has 0 aromatic carbocycles. The second-order valence-electron chi connectivity index (χ2n) is 14.1. The molecule has 2 fully saturated rings. The summed E-state index contributed by atoms with van der Waals surface area (Å²) in [6.07, 6.45) is 17.6. The average molecular weight is 626 g/mol. The Hall–Kier alpha value is -3.61. The summed E-state index contributed by atoms with van der Waals surface area (Å²) in [6.45, 7) is 14.0. The monoisotopic (exact) mass is 625 g/mol. The van der Waals surface area contributed by atoms with Crippen molar-refractivity contribution >= 4 is 29.5 Å². The van der Waals surface area contributed by atoms with Crippen molar-refractivity contribution in [1.29, 1.82) is 0 Å². The molecule has 5 N–H and O–H groups in total. The van der Waals surface area contributed by atoms with Crippen LogP contribution in [0.1, 0.15) is 106 Å². The standard InChI is InChI=1S/C35H55N5O5/c1-9-12-17-26(28(41)30(36)42)37-31(43)27-20-25(23(4)5)22-40(27)32(44)29(34(6,7)8)38-33(45)39-35(18-14-13-15-19-35)21-24(11-3)16-10-2/h1,10-11,16,23,25-27,29H,12-15,17-22H2,2-8H3,(H2,36,42)(H,37,43)(H2,38,39,45)/b16-10-,24-11+/t25-,26?,27+,29-/m1/s1. The lowest BCUT2D eigenvalue weighted by Crippen LogP contribution is -2.62. The van der Waals surface area contributed by atoms with E-state index in [1.165, 1.54) is 4.90 Å². The van der Waals surface area contributed by atoms with Gasteiger partial charge in [-0.2, -0.15) is 0 Å². The summed E-state index contributed by atoms with van der Waals surface area (Å²) in [4.78, 5) is 67.3. The van der Waals surface area contributed by atoms with Crippen molar-refractivity contribution in [2.24, 2.45) is 23.0 Å². The van der Waals surface area contributed by atoms with Gasteiger partial charge >= 0.3 is 6.03 Å². The molecule has 0 spiro atoms. The first-order chi connectivity index (χ1) is 21.1. The highest BCUT2D eigenvalue weighted by molar-refractivity contribution is 6.37. The predicted octanol–water partition coefficient (Wildman–Crippen LogP) is 4.14. The zero-order valence-electron chi connectivity index (χ0n) is 28.3. The van der Waals surface area contributed by atoms with E-state index >= 15 is 0 Å². The second kappa shape index (κ2) is 16.6. The largest absolute Gasteiger partial charge is 0.363 e. The number of nitrogens with zero attached hydrogens (tertiary/aromatic N) is 1. The SMILES string of the molecule is C#CCCC(NC(=O)[C@@H]1C[C@@H](C(C)C)CN1C(=O)[C@@H](NC(=O)NC1(CC(/C=C\C)=C/C)CCCCC1)C(C)(C)C)C(=O)C(N)=O. The van der Waals surface area contributed by atoms with Crippen molar-refractivity contribution in [3.63, 3.8) is 0 Å². The van der Waals surface area contributed by atoms with E-state index in [1.54, 1.807) is 0 Å². The molecule has 0 bridgehead atoms. The summed E-state index contributed by atoms with van der Waals surface area (Å²) in [5.41, 5.74) is 5.27. The van der Waals surface area contributed by atoms with Crippen LogP contribution in [0.15, 0.2) is 23.8 Å². The van der Waals surface area contributed by atoms with Gasteiger partial charge in [-0.3, -0.25) is 19.2 Å². The van der Waals surface area contributed by atoms with Crippen molar-refractivity contribution in [3.8, 4) is 12.3 Å². The molecular weight excluding hydrogens is 570 g/mol. The van der Waals surface area contributed by atoms with Gasteiger partial charge < -0.3 is 26.6 Å². The van der Waals surface area contributed by atoms with Crippen LogP contribution in [0.5, 0.6) is 0 Å². The fourth-order valence-corrected chi connectivity index (χ4v) is 6.44. The van der Waals surface area contributed by atoms with Crippen LogP contribution in [0.2, 0.25) is 0 Å². The molecule has 1 aliphatic heterocycles. The van der Waals surface area contributed by atoms with Crippen LogP contribution in [0.4, 0.5) is 4.79 Å². The second-order valence-corrected chi connectivity index (χ2v) is 14.1. The average Bonchev–Trinajstić information content (AvgIpc) is 3.43. The number of nitrogens with two attached hydrogens (primary N) is 1. The van der Waals surface area contributed by atoms with Gasteiger partial charge in [0, 0.05) is 18.5 Å². The van der Waals surface area contributed by atoms with Crippen LogP contribution >= 0.6 is 0 Å². The lowest BCUT2D eigenvalue weighted by Gasteiger charge is -2.40. The highest BCUT2D eigenvalue weighted by atomic mass is 16.2. The van der Waals surface area contributed by atoms with Crippen molar-refractivity contribution < 1.29 is 24.0 Å². The number of carbonyl (C=O) groups is 5. The van der Waals surface area contributed by atoms with Crippen LogP contribution in [0, 0.1) is 29.6 Å². The van der Waals surface area contributed by atoms with E-state index in [2.05, 4.69) is 34.0 Å². The predicted molar refractivity (Wildman–Crippen MR) is 177 cm³/mol. The number of amides is 5. The molecule has 45 heavy (non-hydrogen) atoms. The minimum atomic E-state index is -1.18. The Morgan fingerprint density at radius 2 is 1.71 bits per heavy atom. The van der Waals surface area contributed by atoms with E-state index in [1.807, 2.05) is 54.5 Å². The van der Waals surface area contributed by atoms with Gasteiger partial charge in [-0.25, -0.2) is 4.79 Å². The van der Waals surface area contributed by atoms with Crippen LogP contribution in [-0.2, 0) is 19.2 Å². The summed E-state index contributed by atoms with van der Waals surface area (Å²) in [7, 11) is 0. The number of Topliss-reactive ketones (excluding diaryl/α,β-unsaturated/α-hetero) is 1. The number of rotatable bonds is 13. The molecule has 1 unspecified atom stereocenters. The van der Waals surface area contributed by atoms with Crippen LogP contribution in [0.25, 0.3) is 0 Å². The fraction of sp³-hybridized carbons (Fsp3) is 0.686. The molecule has 2 aliphatic rings. The highest BCUT2D eigenvalue weighted by Crippen LogP contribution is 2.35. The van der Waals surface area contributed by atoms with Crippen molar-refractivity contribution in [2.75, 3.05) is 6.54 Å². The van der Waals surface area contributed by atoms with Gasteiger partial charge in [0.1, 0.15) is 12.1 Å². The molecular formula is C35H55N5O5. The van der Waals surface area contributed by atoms with Crippen molar-refractivity contribution in [2.45, 2.75) is 130 Å². The number of primary amides is 1. The fourth-order valence-electron chi connectivity index (χ4n) is 6.44. The first-order valence-electron chi connectivity index (χ1n) is 16.3. The molecule has 1 heterocycles. The minimum absolute atomic E-state index is 0.0199. The maximum atomic E-state index is 14.3. The number of likely N-dealkylation sites (tertiary alicyclic amines) is 1. The highest BCUT2D eigenvalue weighted by Gasteiger charge is 2.46. The molecule has 250 valence electrons. The Bertz CT molecular complexity index is 1190. The van der Waals surface area contributed by atoms with Crippen molar-refractivity contribution in [1.82, 2.24) is 20.9 Å². The Labute approximate surface area is 269 Å². The van der Waals surface area contributed by atoms with Gasteiger partial charge in [0.2, 0.25) is 17.6 Å². The first-order valence-corrected chi connectivity index (χ1v) is 16.3. The zero-order valence-corrected chi connectivity index (χ0v) is 28.3. The third-order valence-corrected chi connectivity index (χ3v) is 9.19. The van der Waals surface area contributed by atoms with Gasteiger partial charge in [-0.15, -0.1) is 12.3 Å². The molecule has 10 nitrogen and oxygen atoms in total. The quantitative estimate of drug-likeness (QED) is 0.138. The molecule has 0 radical (unpaired) electrons. The minimum Gasteiger partial charge on any atom is -0.363 e. The number of nitrogens with one attached hydrogen (secondary N) is 3. The van der Waals surface area contributed by atoms with Crippen LogP contribution < -0.4 is 21.7 Å². The Kier molecular flexibility index (Phi) is 13.9. The lowest BCUT2D eigenvalue weighted by molar-refractivity contribution is -0.143. The summed E-state index contributed by atoms with van der Waals surface area (Å²) in [5.74, 6) is -0.416. The molecule has 1 saturated carbocycles. The number of allylic oxidation sites excluding steroid dienone is 3. The number of hydrogen-bond donors (Lipinski definition) is 4. The molecule has 1 saturated heterocycles. The number of ketones is 1. The number of carbonyl (C=O) groups excluding carboxylic acids is 5. The molecule has 4 atom stereocenters. The summed E-state index contributed by atoms with van der Waals surface area (Å²) in [6, 6.07) is -3.42. The number of hydrogen-bond acceptors (Lipinski definition) is 5. The van der Waals surface area contributed by atoms with Gasteiger partial charge in [-0.1, -0.05) is 77.7 Å². The van der Waals surface area contributed by atoms with E-state index in [0.29, 0.717) is 19.4 Å². The molecule has 0 aromatic heterocycles. The topological polar surface area (TPSA) is 151 Å². The lowest BCUT2D eigenvalue weighted by atomic mass is 9.77. The van der Waals surface area contributed by atoms with E-state index in [-0.39, 0.29) is 30.6 Å². The summed E-state index contributed by atoms with van der Waals surface area (Å²) >= 11 is 0. The number of terminal acetylenes is 1. The zero-order chi connectivity index (χ0) is 33.9. The molecule has 2 rings (SSSR count). The van der Waals surface area contributed by atoms with Crippen LogP contribution in [0.3, 0.4) is 0 Å². The molecule has 5 amide bonds. The van der Waals surface area contributed by atoms with Gasteiger partial charge in [0.25, 0.3) is 5.91 Å². The van der Waals surface area contributed by atoms with E-state index in [4.69, 9.17) is 12.2 Å². The van der Waals surface area contributed by atoms with Gasteiger partial charge in [0.15, 0.2) is 0 Å². The Balaban J connectivity index is 2.35. The molecule has 0 aromatic rings. The number of urea groups is 1. The molecule has 1 aliphatic carbocycles. The van der Waals surface area contributed by atoms with Gasteiger partial charge in [-0.05, 0) is 63.2 Å². The summed E-state index contributed by atoms with van der Waals surface area (Å²) < 4.78 is 0. The van der Waals surface area contributed by atoms with E-state index in [0.717, 1.165) is 37.7 Å². The Morgan fingerprint density at radius 1 is 1.07 bits per heavy atom. The molecule has 10 heteroatoms. The van der Waals surface area contributed by atoms with Crippen LogP contribution in [-0.4, -0.2) is 64.6 Å². The maximum Gasteiger partial charge on any atom is 0.315 e. The third-order valence-electron chi connectivity index (χ3n) is 9.19. The Morgan fingerprint density at radius 3 is 2.22 bits per heavy atom. The maximum absolute atomic E-state index is 14.3. The normalized spacial score (nSPS) is 21.6.